The Balaban J connectivity index is 2.08. The molecule has 2 heterocycles. The van der Waals surface area contributed by atoms with Gasteiger partial charge < -0.3 is 4.57 Å². The van der Waals surface area contributed by atoms with E-state index in [1.165, 1.54) is 0 Å². The first kappa shape index (κ1) is 10.0. The summed E-state index contributed by atoms with van der Waals surface area (Å²) >= 11 is 5.09. The molecule has 2 aromatic rings. The molecule has 7 heteroatoms. The Bertz CT molecular complexity index is 507. The van der Waals surface area contributed by atoms with Crippen molar-refractivity contribution in [2.75, 3.05) is 0 Å². The van der Waals surface area contributed by atoms with Crippen molar-refractivity contribution in [1.29, 1.82) is 0 Å². The normalized spacial score (nSPS) is 10.8. The van der Waals surface area contributed by atoms with Crippen molar-refractivity contribution < 1.29 is 0 Å². The lowest BCUT2D eigenvalue weighted by molar-refractivity contribution is 0.636. The number of aryl methyl sites for hydroxylation is 3. The summed E-state index contributed by atoms with van der Waals surface area (Å²) < 4.78 is 4.27. The van der Waals surface area contributed by atoms with Crippen LogP contribution in [0.5, 0.6) is 0 Å². The summed E-state index contributed by atoms with van der Waals surface area (Å²) in [6.07, 6.45) is 2.45. The summed E-state index contributed by atoms with van der Waals surface area (Å²) in [4.78, 5) is 4.15. The molecular formula is C8H12N6S. The lowest BCUT2D eigenvalue weighted by atomic mass is 10.4. The highest BCUT2D eigenvalue weighted by Crippen LogP contribution is 1.99. The number of aromatic amines is 1. The highest BCUT2D eigenvalue weighted by Gasteiger charge is 2.03. The Hall–Kier alpha value is -1.50. The predicted octanol–water partition coefficient (Wildman–Crippen LogP) is 0.620. The van der Waals surface area contributed by atoms with Crippen LogP contribution in [0.15, 0.2) is 6.33 Å². The quantitative estimate of drug-likeness (QED) is 0.776. The van der Waals surface area contributed by atoms with Crippen LogP contribution in [-0.4, -0.2) is 29.5 Å². The summed E-state index contributed by atoms with van der Waals surface area (Å²) in [6, 6.07) is 0. The highest BCUT2D eigenvalue weighted by atomic mass is 32.1. The van der Waals surface area contributed by atoms with Gasteiger partial charge in [-0.3, -0.25) is 9.78 Å². The summed E-state index contributed by atoms with van der Waals surface area (Å²) in [5.74, 6) is 1.70. The molecule has 1 N–H and O–H groups in total. The zero-order chi connectivity index (χ0) is 10.8. The molecule has 0 saturated carbocycles. The van der Waals surface area contributed by atoms with Gasteiger partial charge in [0.25, 0.3) is 0 Å². The first-order chi connectivity index (χ1) is 7.16. The van der Waals surface area contributed by atoms with Crippen LogP contribution in [0.1, 0.15) is 11.6 Å². The van der Waals surface area contributed by atoms with Crippen LogP contribution in [0, 0.1) is 11.7 Å². The number of aromatic nitrogens is 6. The number of nitrogens with one attached hydrogen (secondary N) is 1. The molecule has 80 valence electrons. The van der Waals surface area contributed by atoms with Gasteiger partial charge >= 0.3 is 0 Å². The minimum Gasteiger partial charge on any atom is -0.304 e. The van der Waals surface area contributed by atoms with Crippen molar-refractivity contribution in [3.05, 3.63) is 22.7 Å². The number of hydrogen-bond donors (Lipinski definition) is 1. The molecule has 2 rings (SSSR count). The summed E-state index contributed by atoms with van der Waals surface area (Å²) in [5, 5.41) is 11.0. The molecule has 0 saturated heterocycles. The average molecular weight is 224 g/mol. The molecule has 2 aromatic heterocycles. The molecule has 0 radical (unpaired) electrons. The fourth-order valence-electron chi connectivity index (χ4n) is 1.37. The molecule has 0 spiro atoms. The van der Waals surface area contributed by atoms with Crippen LogP contribution in [0.2, 0.25) is 0 Å². The van der Waals surface area contributed by atoms with Crippen LogP contribution in [-0.2, 0) is 20.0 Å². The van der Waals surface area contributed by atoms with Crippen molar-refractivity contribution in [2.24, 2.45) is 7.05 Å². The average Bonchev–Trinajstić information content (AvgIpc) is 2.73. The van der Waals surface area contributed by atoms with E-state index in [1.807, 2.05) is 18.5 Å². The maximum Gasteiger partial charge on any atom is 0.195 e. The standard InChI is InChI=1S/C8H12N6S/c1-6-10-11-8(15)14(6)4-3-7-9-5-13(2)12-7/h5H,3-4H2,1-2H3,(H,11,15). The lowest BCUT2D eigenvalue weighted by Crippen LogP contribution is -2.05. The van der Waals surface area contributed by atoms with Crippen LogP contribution in [0.4, 0.5) is 0 Å². The van der Waals surface area contributed by atoms with Crippen LogP contribution in [0.3, 0.4) is 0 Å². The van der Waals surface area contributed by atoms with Gasteiger partial charge in [-0.1, -0.05) is 0 Å². The third-order valence-electron chi connectivity index (χ3n) is 2.16. The van der Waals surface area contributed by atoms with Crippen LogP contribution in [0.25, 0.3) is 0 Å². The van der Waals surface area contributed by atoms with E-state index in [4.69, 9.17) is 12.2 Å². The van der Waals surface area contributed by atoms with Gasteiger partial charge in [0.05, 0.1) is 0 Å². The zero-order valence-electron chi connectivity index (χ0n) is 8.64. The molecule has 0 aliphatic carbocycles. The van der Waals surface area contributed by atoms with Gasteiger partial charge in [0, 0.05) is 20.0 Å². The number of nitrogens with zero attached hydrogens (tertiary/aromatic N) is 5. The van der Waals surface area contributed by atoms with E-state index in [2.05, 4.69) is 20.3 Å². The van der Waals surface area contributed by atoms with E-state index in [0.717, 1.165) is 24.6 Å². The van der Waals surface area contributed by atoms with Crippen molar-refractivity contribution in [1.82, 2.24) is 29.5 Å². The van der Waals surface area contributed by atoms with Gasteiger partial charge in [0.1, 0.15) is 12.2 Å². The van der Waals surface area contributed by atoms with E-state index >= 15 is 0 Å². The number of H-pyrrole nitrogens is 1. The topological polar surface area (TPSA) is 64.3 Å². The molecule has 0 bridgehead atoms. The lowest BCUT2D eigenvalue weighted by Gasteiger charge is -2.00. The molecule has 0 unspecified atom stereocenters. The van der Waals surface area contributed by atoms with Crippen LogP contribution >= 0.6 is 12.2 Å². The second-order valence-corrected chi connectivity index (χ2v) is 3.70. The Labute approximate surface area is 92.0 Å². The molecule has 0 atom stereocenters. The smallest absolute Gasteiger partial charge is 0.195 e. The van der Waals surface area contributed by atoms with Crippen molar-refractivity contribution in [3.8, 4) is 0 Å². The third kappa shape index (κ3) is 2.12. The van der Waals surface area contributed by atoms with Crippen LogP contribution < -0.4 is 0 Å². The minimum absolute atomic E-state index is 0.642. The summed E-state index contributed by atoms with van der Waals surface area (Å²) in [6.45, 7) is 2.67. The molecule has 6 nitrogen and oxygen atoms in total. The molecule has 0 amide bonds. The second kappa shape index (κ2) is 3.93. The van der Waals surface area contributed by atoms with Gasteiger partial charge in [-0.2, -0.15) is 10.2 Å². The van der Waals surface area contributed by atoms with E-state index in [0.29, 0.717) is 4.77 Å². The highest BCUT2D eigenvalue weighted by molar-refractivity contribution is 7.71. The molecule has 0 fully saturated rings. The summed E-state index contributed by atoms with van der Waals surface area (Å²) in [5.41, 5.74) is 0. The Kier molecular flexibility index (Phi) is 2.63. The van der Waals surface area contributed by atoms with E-state index in [1.54, 1.807) is 11.0 Å². The Morgan fingerprint density at radius 3 is 2.87 bits per heavy atom. The van der Waals surface area contributed by atoms with Crippen molar-refractivity contribution in [3.63, 3.8) is 0 Å². The largest absolute Gasteiger partial charge is 0.304 e. The molecule has 15 heavy (non-hydrogen) atoms. The molecule has 0 aliphatic heterocycles. The number of rotatable bonds is 3. The zero-order valence-corrected chi connectivity index (χ0v) is 9.45. The van der Waals surface area contributed by atoms with E-state index < -0.39 is 0 Å². The Morgan fingerprint density at radius 1 is 1.53 bits per heavy atom. The SMILES string of the molecule is Cc1n[nH]c(=S)n1CCc1ncn(C)n1. The van der Waals surface area contributed by atoms with Crippen molar-refractivity contribution >= 4 is 12.2 Å². The maximum absolute atomic E-state index is 5.09. The van der Waals surface area contributed by atoms with Gasteiger partial charge in [-0.05, 0) is 19.1 Å². The second-order valence-electron chi connectivity index (χ2n) is 3.31. The fourth-order valence-corrected chi connectivity index (χ4v) is 1.64. The monoisotopic (exact) mass is 224 g/mol. The first-order valence-corrected chi connectivity index (χ1v) is 5.04. The van der Waals surface area contributed by atoms with Gasteiger partial charge in [-0.15, -0.1) is 0 Å². The molecule has 0 aromatic carbocycles. The third-order valence-corrected chi connectivity index (χ3v) is 2.47. The maximum atomic E-state index is 5.09. The van der Waals surface area contributed by atoms with E-state index in [9.17, 15) is 0 Å². The number of hydrogen-bond acceptors (Lipinski definition) is 4. The Morgan fingerprint density at radius 2 is 2.33 bits per heavy atom. The van der Waals surface area contributed by atoms with Gasteiger partial charge in [-0.25, -0.2) is 4.98 Å². The van der Waals surface area contributed by atoms with E-state index in [-0.39, 0.29) is 0 Å². The molecular weight excluding hydrogens is 212 g/mol. The van der Waals surface area contributed by atoms with Crippen molar-refractivity contribution in [2.45, 2.75) is 19.9 Å². The fraction of sp³-hybridized carbons (Fsp3) is 0.500. The first-order valence-electron chi connectivity index (χ1n) is 4.63. The molecule has 0 aliphatic rings. The van der Waals surface area contributed by atoms with Gasteiger partial charge in [0.2, 0.25) is 0 Å². The van der Waals surface area contributed by atoms with Gasteiger partial charge in [0.15, 0.2) is 10.6 Å². The minimum atomic E-state index is 0.642. The summed E-state index contributed by atoms with van der Waals surface area (Å²) in [7, 11) is 1.85. The predicted molar refractivity (Wildman–Crippen MR) is 56.9 cm³/mol.